The molecule has 3 N–H and O–H groups in total. The highest BCUT2D eigenvalue weighted by Gasteiger charge is 2.21. The van der Waals surface area contributed by atoms with Crippen molar-refractivity contribution >= 4 is 17.8 Å². The van der Waals surface area contributed by atoms with Crippen molar-refractivity contribution < 1.29 is 19.5 Å². The van der Waals surface area contributed by atoms with Crippen LogP contribution in [0.5, 0.6) is 0 Å². The Morgan fingerprint density at radius 1 is 1.09 bits per heavy atom. The fraction of sp³-hybridized carbons (Fsp3) is 0.438. The number of nitrogens with one attached hydrogen (secondary N) is 2. The summed E-state index contributed by atoms with van der Waals surface area (Å²) in [6.07, 6.45) is 0.524. The van der Waals surface area contributed by atoms with Gasteiger partial charge in [-0.3, -0.25) is 14.4 Å². The van der Waals surface area contributed by atoms with E-state index in [0.717, 1.165) is 5.56 Å². The second-order valence-corrected chi connectivity index (χ2v) is 5.76. The Morgan fingerprint density at radius 2 is 1.73 bits per heavy atom. The van der Waals surface area contributed by atoms with E-state index in [4.69, 9.17) is 5.11 Å². The van der Waals surface area contributed by atoms with Crippen LogP contribution in [0.2, 0.25) is 0 Å². The highest BCUT2D eigenvalue weighted by molar-refractivity contribution is 5.86. The summed E-state index contributed by atoms with van der Waals surface area (Å²) in [5.74, 6) is -1.47. The van der Waals surface area contributed by atoms with Crippen LogP contribution in [0.4, 0.5) is 0 Å². The molecule has 0 heterocycles. The van der Waals surface area contributed by atoms with Gasteiger partial charge in [-0.25, -0.2) is 0 Å². The third kappa shape index (κ3) is 7.42. The van der Waals surface area contributed by atoms with Gasteiger partial charge in [-0.2, -0.15) is 0 Å². The molecule has 6 nitrogen and oxygen atoms in total. The second kappa shape index (κ2) is 8.17. The largest absolute Gasteiger partial charge is 0.481 e. The first-order valence-electron chi connectivity index (χ1n) is 7.12. The second-order valence-electron chi connectivity index (χ2n) is 5.76. The van der Waals surface area contributed by atoms with Crippen molar-refractivity contribution in [3.8, 4) is 0 Å². The van der Waals surface area contributed by atoms with E-state index < -0.39 is 11.5 Å². The molecule has 1 rings (SSSR count). The number of hydrogen-bond acceptors (Lipinski definition) is 3. The van der Waals surface area contributed by atoms with E-state index in [-0.39, 0.29) is 31.2 Å². The molecule has 0 bridgehead atoms. The highest BCUT2D eigenvalue weighted by atomic mass is 16.4. The van der Waals surface area contributed by atoms with Gasteiger partial charge >= 0.3 is 5.97 Å². The third-order valence-electron chi connectivity index (χ3n) is 3.10. The van der Waals surface area contributed by atoms with Crippen LogP contribution in [0.1, 0.15) is 32.3 Å². The van der Waals surface area contributed by atoms with Crippen molar-refractivity contribution in [3.05, 3.63) is 35.9 Å². The van der Waals surface area contributed by atoms with E-state index in [0.29, 0.717) is 6.42 Å². The summed E-state index contributed by atoms with van der Waals surface area (Å²) < 4.78 is 0. The normalized spacial score (nSPS) is 10.8. The molecule has 2 amide bonds. The summed E-state index contributed by atoms with van der Waals surface area (Å²) in [6.45, 7) is 3.38. The van der Waals surface area contributed by atoms with Gasteiger partial charge < -0.3 is 15.7 Å². The van der Waals surface area contributed by atoms with E-state index in [2.05, 4.69) is 10.6 Å². The predicted molar refractivity (Wildman–Crippen MR) is 82.2 cm³/mol. The average Bonchev–Trinajstić information content (AvgIpc) is 2.44. The third-order valence-corrected chi connectivity index (χ3v) is 3.10. The molecule has 0 unspecified atom stereocenters. The van der Waals surface area contributed by atoms with Gasteiger partial charge in [0, 0.05) is 12.0 Å². The molecule has 0 spiro atoms. The molecule has 0 fully saturated rings. The van der Waals surface area contributed by atoms with Crippen molar-refractivity contribution in [1.82, 2.24) is 10.6 Å². The van der Waals surface area contributed by atoms with Crippen LogP contribution >= 0.6 is 0 Å². The minimum absolute atomic E-state index is 0.0202. The number of hydrogen-bond donors (Lipinski definition) is 3. The van der Waals surface area contributed by atoms with Gasteiger partial charge in [0.2, 0.25) is 11.8 Å². The van der Waals surface area contributed by atoms with Crippen LogP contribution in [0.3, 0.4) is 0 Å². The van der Waals surface area contributed by atoms with Crippen molar-refractivity contribution in [3.63, 3.8) is 0 Å². The minimum atomic E-state index is -0.904. The van der Waals surface area contributed by atoms with Crippen LogP contribution in [0.25, 0.3) is 0 Å². The number of carbonyl (C=O) groups is 3. The number of rotatable bonds is 8. The summed E-state index contributed by atoms with van der Waals surface area (Å²) in [5.41, 5.74) is 0.252. The molecule has 1 aromatic carbocycles. The number of carboxylic acids is 1. The van der Waals surface area contributed by atoms with E-state index in [1.807, 2.05) is 30.3 Å². The first kappa shape index (κ1) is 17.7. The first-order chi connectivity index (χ1) is 10.3. The zero-order valence-corrected chi connectivity index (χ0v) is 12.9. The molecule has 0 aliphatic rings. The van der Waals surface area contributed by atoms with Gasteiger partial charge in [0.25, 0.3) is 0 Å². The molecule has 1 aromatic rings. The summed E-state index contributed by atoms with van der Waals surface area (Å²) >= 11 is 0. The topological polar surface area (TPSA) is 95.5 Å². The maximum absolute atomic E-state index is 11.8. The summed E-state index contributed by atoms with van der Waals surface area (Å²) in [4.78, 5) is 34.1. The summed E-state index contributed by atoms with van der Waals surface area (Å²) in [7, 11) is 0. The number of aliphatic carboxylic acids is 1. The highest BCUT2D eigenvalue weighted by Crippen LogP contribution is 2.10. The van der Waals surface area contributed by atoms with E-state index in [9.17, 15) is 14.4 Å². The molecule has 0 aliphatic carbocycles. The maximum atomic E-state index is 11.8. The standard InChI is InChI=1S/C16H22N2O4/c1-16(2,9-8-15(21)22)18-14(20)11-17-13(19)10-12-6-4-3-5-7-12/h3-7H,8-11H2,1-2H3,(H,17,19)(H,18,20)(H,21,22). The van der Waals surface area contributed by atoms with Gasteiger partial charge in [-0.15, -0.1) is 0 Å². The Labute approximate surface area is 129 Å². The SMILES string of the molecule is CC(C)(CCC(=O)O)NC(=O)CNC(=O)Cc1ccccc1. The van der Waals surface area contributed by atoms with E-state index in [1.54, 1.807) is 13.8 Å². The maximum Gasteiger partial charge on any atom is 0.303 e. The number of carbonyl (C=O) groups excluding carboxylic acids is 2. The molecule has 0 atom stereocenters. The minimum Gasteiger partial charge on any atom is -0.481 e. The lowest BCUT2D eigenvalue weighted by Crippen LogP contribution is -2.48. The van der Waals surface area contributed by atoms with Crippen molar-refractivity contribution in [1.29, 1.82) is 0 Å². The van der Waals surface area contributed by atoms with Gasteiger partial charge in [0.15, 0.2) is 0 Å². The molecule has 0 aromatic heterocycles. The fourth-order valence-electron chi connectivity index (χ4n) is 1.93. The van der Waals surface area contributed by atoms with Crippen molar-refractivity contribution in [2.45, 2.75) is 38.6 Å². The van der Waals surface area contributed by atoms with Gasteiger partial charge in [-0.1, -0.05) is 30.3 Å². The number of carboxylic acid groups (broad SMARTS) is 1. The van der Waals surface area contributed by atoms with Gasteiger partial charge in [0.1, 0.15) is 0 Å². The monoisotopic (exact) mass is 306 g/mol. The van der Waals surface area contributed by atoms with Gasteiger partial charge in [-0.05, 0) is 25.8 Å². The number of amides is 2. The zero-order chi connectivity index (χ0) is 16.6. The molecule has 0 saturated carbocycles. The predicted octanol–water partition coefficient (Wildman–Crippen LogP) is 1.10. The Kier molecular flexibility index (Phi) is 6.56. The Hall–Kier alpha value is -2.37. The quantitative estimate of drug-likeness (QED) is 0.670. The molecule has 0 radical (unpaired) electrons. The van der Waals surface area contributed by atoms with Crippen LogP contribution in [0, 0.1) is 0 Å². The smallest absolute Gasteiger partial charge is 0.303 e. The molecule has 0 saturated heterocycles. The lowest BCUT2D eigenvalue weighted by molar-refractivity contribution is -0.137. The number of benzene rings is 1. The van der Waals surface area contributed by atoms with Crippen LogP contribution < -0.4 is 10.6 Å². The molecule has 0 aliphatic heterocycles. The van der Waals surface area contributed by atoms with E-state index in [1.165, 1.54) is 0 Å². The summed E-state index contributed by atoms with van der Waals surface area (Å²) in [5, 5.41) is 13.9. The van der Waals surface area contributed by atoms with E-state index >= 15 is 0 Å². The van der Waals surface area contributed by atoms with Crippen LogP contribution in [-0.4, -0.2) is 35.0 Å². The molecular weight excluding hydrogens is 284 g/mol. The fourth-order valence-corrected chi connectivity index (χ4v) is 1.93. The van der Waals surface area contributed by atoms with Crippen molar-refractivity contribution in [2.24, 2.45) is 0 Å². The lowest BCUT2D eigenvalue weighted by Gasteiger charge is -2.25. The van der Waals surface area contributed by atoms with Gasteiger partial charge in [0.05, 0.1) is 13.0 Å². The Bertz CT molecular complexity index is 526. The first-order valence-corrected chi connectivity index (χ1v) is 7.12. The Morgan fingerprint density at radius 3 is 2.32 bits per heavy atom. The van der Waals surface area contributed by atoms with Crippen LogP contribution in [-0.2, 0) is 20.8 Å². The molecule has 6 heteroatoms. The van der Waals surface area contributed by atoms with Crippen molar-refractivity contribution in [2.75, 3.05) is 6.54 Å². The molecular formula is C16H22N2O4. The lowest BCUT2D eigenvalue weighted by atomic mass is 9.98. The zero-order valence-electron chi connectivity index (χ0n) is 12.9. The van der Waals surface area contributed by atoms with Crippen LogP contribution in [0.15, 0.2) is 30.3 Å². The molecule has 120 valence electrons. The average molecular weight is 306 g/mol. The Balaban J connectivity index is 2.33. The summed E-state index contributed by atoms with van der Waals surface area (Å²) in [6, 6.07) is 9.25. The molecule has 22 heavy (non-hydrogen) atoms.